The maximum absolute atomic E-state index is 12.2. The minimum atomic E-state index is -4.17. The molecule has 7 nitrogen and oxygen atoms in total. The smallest absolute Gasteiger partial charge is 0.379 e. The summed E-state index contributed by atoms with van der Waals surface area (Å²) in [5.74, 6) is 0. The molecule has 0 aromatic heterocycles. The Hall–Kier alpha value is -0.0100. The second-order valence-corrected chi connectivity index (χ2v) is 15.3. The van der Waals surface area contributed by atoms with Gasteiger partial charge in [0.2, 0.25) is 0 Å². The highest BCUT2D eigenvalue weighted by molar-refractivity contribution is 7.47. The molecule has 0 spiro atoms. The third-order valence-corrected chi connectivity index (χ3v) is 9.67. The van der Waals surface area contributed by atoms with E-state index in [2.05, 4.69) is 13.8 Å². The van der Waals surface area contributed by atoms with Crippen molar-refractivity contribution >= 4 is 7.82 Å². The zero-order valence-corrected chi connectivity index (χ0v) is 31.9. The van der Waals surface area contributed by atoms with Crippen LogP contribution in [-0.4, -0.2) is 50.1 Å². The second-order valence-electron chi connectivity index (χ2n) is 13.8. The molecule has 0 aromatic rings. The third-order valence-electron chi connectivity index (χ3n) is 8.72. The van der Waals surface area contributed by atoms with E-state index < -0.39 is 13.9 Å². The van der Waals surface area contributed by atoms with E-state index in [0.29, 0.717) is 19.8 Å². The first-order valence-electron chi connectivity index (χ1n) is 20.0. The molecule has 0 radical (unpaired) electrons. The summed E-state index contributed by atoms with van der Waals surface area (Å²) in [5, 5.41) is 0. The number of hydrogen-bond acceptors (Lipinski definition) is 6. The van der Waals surface area contributed by atoms with Crippen LogP contribution in [0.4, 0.5) is 0 Å². The minimum Gasteiger partial charge on any atom is -0.379 e. The van der Waals surface area contributed by atoms with Crippen LogP contribution < -0.4 is 5.73 Å². The molecule has 46 heavy (non-hydrogen) atoms. The van der Waals surface area contributed by atoms with Crippen LogP contribution in [0.25, 0.3) is 0 Å². The van der Waals surface area contributed by atoms with Crippen LogP contribution in [0.3, 0.4) is 0 Å². The average Bonchev–Trinajstić information content (AvgIpc) is 3.03. The van der Waals surface area contributed by atoms with Crippen LogP contribution in [-0.2, 0) is 23.1 Å². The Kier molecular flexibility index (Phi) is 36.3. The van der Waals surface area contributed by atoms with E-state index in [1.54, 1.807) is 6.92 Å². The highest BCUT2D eigenvalue weighted by Crippen LogP contribution is 2.43. The number of phosphoric ester groups is 1. The Labute approximate surface area is 286 Å². The molecule has 0 saturated heterocycles. The summed E-state index contributed by atoms with van der Waals surface area (Å²) in [4.78, 5) is 9.99. The number of ether oxygens (including phenoxy) is 2. The number of rotatable bonds is 39. The lowest BCUT2D eigenvalue weighted by atomic mass is 10.0. The molecule has 278 valence electrons. The lowest BCUT2D eigenvalue weighted by Crippen LogP contribution is -2.27. The first kappa shape index (κ1) is 46.0. The van der Waals surface area contributed by atoms with E-state index in [1.165, 1.54) is 161 Å². The topological polar surface area (TPSA) is 100 Å². The molecule has 0 aliphatic rings. The molecule has 0 aliphatic heterocycles. The Morgan fingerprint density at radius 2 is 0.826 bits per heavy atom. The maximum Gasteiger partial charge on any atom is 0.472 e. The largest absolute Gasteiger partial charge is 0.472 e. The van der Waals surface area contributed by atoms with E-state index in [1.807, 2.05) is 0 Å². The van der Waals surface area contributed by atoms with E-state index in [0.717, 1.165) is 19.3 Å². The zero-order valence-electron chi connectivity index (χ0n) is 31.0. The molecule has 0 aliphatic carbocycles. The van der Waals surface area contributed by atoms with Crippen LogP contribution >= 0.6 is 7.82 Å². The van der Waals surface area contributed by atoms with Gasteiger partial charge in [0.05, 0.1) is 19.8 Å². The number of phosphoric acid groups is 1. The van der Waals surface area contributed by atoms with Crippen LogP contribution in [0.15, 0.2) is 0 Å². The van der Waals surface area contributed by atoms with E-state index in [4.69, 9.17) is 24.3 Å². The summed E-state index contributed by atoms with van der Waals surface area (Å²) in [5.41, 5.74) is 5.64. The summed E-state index contributed by atoms with van der Waals surface area (Å²) in [6.45, 7) is 7.82. The molecule has 3 N–H and O–H groups in total. The molecular weight excluding hydrogens is 597 g/mol. The summed E-state index contributed by atoms with van der Waals surface area (Å²) in [7, 11) is -4.17. The van der Waals surface area contributed by atoms with Crippen molar-refractivity contribution in [1.82, 2.24) is 0 Å². The summed E-state index contributed by atoms with van der Waals surface area (Å²) >= 11 is 0. The highest BCUT2D eigenvalue weighted by Gasteiger charge is 2.24. The predicted molar refractivity (Wildman–Crippen MR) is 197 cm³/mol. The van der Waals surface area contributed by atoms with Gasteiger partial charge in [-0.2, -0.15) is 0 Å². The van der Waals surface area contributed by atoms with Gasteiger partial charge in [-0.25, -0.2) is 4.57 Å². The monoisotopic (exact) mass is 678 g/mol. The van der Waals surface area contributed by atoms with Gasteiger partial charge in [0.25, 0.3) is 0 Å². The van der Waals surface area contributed by atoms with Crippen molar-refractivity contribution in [2.75, 3.05) is 33.0 Å². The predicted octanol–water partition coefficient (Wildman–Crippen LogP) is 11.8. The van der Waals surface area contributed by atoms with Crippen LogP contribution in [0.5, 0.6) is 0 Å². The fourth-order valence-electron chi connectivity index (χ4n) is 5.73. The first-order chi connectivity index (χ1) is 22.4. The van der Waals surface area contributed by atoms with Gasteiger partial charge < -0.3 is 20.1 Å². The van der Waals surface area contributed by atoms with Gasteiger partial charge in [-0.3, -0.25) is 9.05 Å². The molecule has 0 bridgehead atoms. The van der Waals surface area contributed by atoms with Gasteiger partial charge in [-0.05, 0) is 19.8 Å². The standard InChI is InChI=1S/C38H80NO6P/c1-4-6-8-10-12-14-16-18-20-22-24-26-28-30-32-42-35-38(36-45-46(40,41)44-34-37(3)39)43-33-31-29-27-25-23-21-19-17-15-13-11-9-7-5-2/h37-38H,4-36,39H2,1-3H3,(H,40,41)/t37?,38-/m1/s1. The number of hydrogen-bond donors (Lipinski definition) is 2. The molecule has 0 heterocycles. The van der Waals surface area contributed by atoms with Crippen LogP contribution in [0.2, 0.25) is 0 Å². The van der Waals surface area contributed by atoms with Crippen molar-refractivity contribution < 1.29 is 28.0 Å². The van der Waals surface area contributed by atoms with Gasteiger partial charge in [0.15, 0.2) is 0 Å². The lowest BCUT2D eigenvalue weighted by Gasteiger charge is -2.20. The average molecular weight is 678 g/mol. The second kappa shape index (κ2) is 36.3. The fourth-order valence-corrected chi connectivity index (χ4v) is 6.58. The van der Waals surface area contributed by atoms with Gasteiger partial charge in [0, 0.05) is 19.3 Å². The molecule has 0 aromatic carbocycles. The SMILES string of the molecule is CCCCCCCCCCCCCCCCOC[C@H](COP(=O)(O)OCC(C)N)OCCCCCCCCCCCCCCCC. The van der Waals surface area contributed by atoms with Gasteiger partial charge >= 0.3 is 7.82 Å². The normalized spacial score (nSPS) is 14.5. The Morgan fingerprint density at radius 1 is 0.500 bits per heavy atom. The van der Waals surface area contributed by atoms with Gasteiger partial charge in [0.1, 0.15) is 6.10 Å². The molecule has 0 amide bonds. The van der Waals surface area contributed by atoms with Gasteiger partial charge in [-0.1, -0.05) is 181 Å². The summed E-state index contributed by atoms with van der Waals surface area (Å²) in [6, 6.07) is -0.343. The van der Waals surface area contributed by atoms with Crippen molar-refractivity contribution in [3.8, 4) is 0 Å². The van der Waals surface area contributed by atoms with Gasteiger partial charge in [-0.15, -0.1) is 0 Å². The Bertz CT molecular complexity index is 638. The summed E-state index contributed by atoms with van der Waals surface area (Å²) in [6.07, 6.45) is 36.7. The van der Waals surface area contributed by atoms with Crippen molar-refractivity contribution in [1.29, 1.82) is 0 Å². The van der Waals surface area contributed by atoms with Crippen LogP contribution in [0.1, 0.15) is 201 Å². The number of unbranched alkanes of at least 4 members (excludes halogenated alkanes) is 26. The molecule has 8 heteroatoms. The van der Waals surface area contributed by atoms with Crippen molar-refractivity contribution in [2.24, 2.45) is 5.73 Å². The van der Waals surface area contributed by atoms with Crippen LogP contribution in [0, 0.1) is 0 Å². The zero-order chi connectivity index (χ0) is 33.8. The maximum atomic E-state index is 12.2. The summed E-state index contributed by atoms with van der Waals surface area (Å²) < 4.78 is 34.4. The molecule has 2 unspecified atom stereocenters. The minimum absolute atomic E-state index is 0.0338. The van der Waals surface area contributed by atoms with E-state index in [-0.39, 0.29) is 19.3 Å². The molecule has 0 rings (SSSR count). The molecule has 3 atom stereocenters. The molecule has 0 saturated carbocycles. The number of nitrogens with two attached hydrogens (primary N) is 1. The Morgan fingerprint density at radius 3 is 1.20 bits per heavy atom. The fraction of sp³-hybridized carbons (Fsp3) is 1.00. The highest BCUT2D eigenvalue weighted by atomic mass is 31.2. The van der Waals surface area contributed by atoms with E-state index in [9.17, 15) is 9.46 Å². The third kappa shape index (κ3) is 36.8. The van der Waals surface area contributed by atoms with E-state index >= 15 is 0 Å². The molecule has 0 fully saturated rings. The lowest BCUT2D eigenvalue weighted by molar-refractivity contribution is -0.0445. The van der Waals surface area contributed by atoms with Crippen molar-refractivity contribution in [3.63, 3.8) is 0 Å². The van der Waals surface area contributed by atoms with Crippen molar-refractivity contribution in [2.45, 2.75) is 213 Å². The molecular formula is C38H80NO6P. The Balaban J connectivity index is 3.96. The van der Waals surface area contributed by atoms with Crippen molar-refractivity contribution in [3.05, 3.63) is 0 Å². The quantitative estimate of drug-likeness (QED) is 0.0493. The first-order valence-corrected chi connectivity index (χ1v) is 21.5.